The molecule has 0 spiro atoms. The normalized spacial score (nSPS) is 27.4. The van der Waals surface area contributed by atoms with Crippen molar-refractivity contribution < 1.29 is 0 Å². The fraction of sp³-hybridized carbons (Fsp3) is 0.700. The van der Waals surface area contributed by atoms with Gasteiger partial charge in [0.1, 0.15) is 5.01 Å². The molecule has 1 aliphatic heterocycles. The maximum absolute atomic E-state index is 6.32. The van der Waals surface area contributed by atoms with E-state index in [1.165, 1.54) is 11.4 Å². The molecule has 2 N–H and O–H groups in total. The average molecular weight is 228 g/mol. The Labute approximate surface area is 93.3 Å². The van der Waals surface area contributed by atoms with E-state index in [4.69, 9.17) is 5.73 Å². The van der Waals surface area contributed by atoms with E-state index < -0.39 is 0 Å². The summed E-state index contributed by atoms with van der Waals surface area (Å²) in [5.74, 6) is 2.71. The molecule has 1 aliphatic rings. The number of nitrogens with zero attached hydrogens (tertiary/aromatic N) is 1. The Hall–Kier alpha value is -0.0600. The van der Waals surface area contributed by atoms with E-state index in [1.807, 2.05) is 11.8 Å². The van der Waals surface area contributed by atoms with Crippen LogP contribution in [0.2, 0.25) is 0 Å². The predicted molar refractivity (Wildman–Crippen MR) is 64.0 cm³/mol. The molecule has 1 aromatic heterocycles. The molecule has 0 radical (unpaired) electrons. The molecule has 1 aromatic rings. The third-order valence-electron chi connectivity index (χ3n) is 2.59. The monoisotopic (exact) mass is 228 g/mol. The van der Waals surface area contributed by atoms with E-state index in [9.17, 15) is 0 Å². The Kier molecular flexibility index (Phi) is 2.86. The first kappa shape index (κ1) is 10.5. The number of thiazole rings is 1. The van der Waals surface area contributed by atoms with Gasteiger partial charge in [-0.15, -0.1) is 11.3 Å². The smallest absolute Gasteiger partial charge is 0.114 e. The average Bonchev–Trinajstić information content (AvgIpc) is 2.71. The van der Waals surface area contributed by atoms with Gasteiger partial charge in [-0.1, -0.05) is 13.8 Å². The van der Waals surface area contributed by atoms with Gasteiger partial charge < -0.3 is 5.73 Å². The van der Waals surface area contributed by atoms with Crippen LogP contribution in [-0.4, -0.2) is 16.5 Å². The van der Waals surface area contributed by atoms with Crippen molar-refractivity contribution in [2.75, 3.05) is 11.5 Å². The van der Waals surface area contributed by atoms with Crippen LogP contribution in [0.1, 0.15) is 36.9 Å². The molecule has 78 valence electrons. The van der Waals surface area contributed by atoms with Crippen molar-refractivity contribution >= 4 is 23.1 Å². The standard InChI is InChI=1S/C10H16N2S2/c1-7(2)8-5-14-9(12-8)10(11)3-4-13-6-10/h5,7H,3-4,6,11H2,1-2H3. The summed E-state index contributed by atoms with van der Waals surface area (Å²) in [5, 5.41) is 3.28. The molecular weight excluding hydrogens is 212 g/mol. The molecule has 0 amide bonds. The second kappa shape index (κ2) is 3.83. The maximum Gasteiger partial charge on any atom is 0.114 e. The van der Waals surface area contributed by atoms with Gasteiger partial charge >= 0.3 is 0 Å². The van der Waals surface area contributed by atoms with Crippen LogP contribution in [0.3, 0.4) is 0 Å². The van der Waals surface area contributed by atoms with Crippen LogP contribution < -0.4 is 5.73 Å². The van der Waals surface area contributed by atoms with Gasteiger partial charge in [-0.3, -0.25) is 0 Å². The molecule has 0 saturated carbocycles. The van der Waals surface area contributed by atoms with Gasteiger partial charge in [-0.2, -0.15) is 11.8 Å². The summed E-state index contributed by atoms with van der Waals surface area (Å²) in [5.41, 5.74) is 7.37. The summed E-state index contributed by atoms with van der Waals surface area (Å²) in [7, 11) is 0. The topological polar surface area (TPSA) is 38.9 Å². The van der Waals surface area contributed by atoms with E-state index in [0.29, 0.717) is 5.92 Å². The predicted octanol–water partition coefficient (Wildman–Crippen LogP) is 2.56. The SMILES string of the molecule is CC(C)c1csc(C2(N)CCSC2)n1. The van der Waals surface area contributed by atoms with Crippen LogP contribution in [-0.2, 0) is 5.54 Å². The molecule has 1 unspecified atom stereocenters. The summed E-state index contributed by atoms with van der Waals surface area (Å²) in [6.45, 7) is 4.34. The number of nitrogens with two attached hydrogens (primary N) is 1. The summed E-state index contributed by atoms with van der Waals surface area (Å²) in [6.07, 6.45) is 1.07. The third-order valence-corrected chi connectivity index (χ3v) is 4.88. The van der Waals surface area contributed by atoms with E-state index in [-0.39, 0.29) is 5.54 Å². The second-order valence-electron chi connectivity index (χ2n) is 4.19. The first-order chi connectivity index (χ1) is 6.62. The summed E-state index contributed by atoms with van der Waals surface area (Å²) >= 11 is 3.66. The lowest BCUT2D eigenvalue weighted by atomic mass is 10.0. The van der Waals surface area contributed by atoms with Crippen LogP contribution in [0, 0.1) is 0 Å². The molecule has 0 bridgehead atoms. The van der Waals surface area contributed by atoms with Crippen LogP contribution in [0.4, 0.5) is 0 Å². The minimum Gasteiger partial charge on any atom is -0.319 e. The molecule has 2 nitrogen and oxygen atoms in total. The number of rotatable bonds is 2. The largest absolute Gasteiger partial charge is 0.319 e. The third kappa shape index (κ3) is 1.83. The Morgan fingerprint density at radius 1 is 1.57 bits per heavy atom. The van der Waals surface area contributed by atoms with Crippen molar-refractivity contribution in [3.05, 3.63) is 16.1 Å². The van der Waals surface area contributed by atoms with Crippen LogP contribution in [0.25, 0.3) is 0 Å². The van der Waals surface area contributed by atoms with Gasteiger partial charge in [0.25, 0.3) is 0 Å². The van der Waals surface area contributed by atoms with Crippen LogP contribution in [0.5, 0.6) is 0 Å². The molecule has 2 heterocycles. The van der Waals surface area contributed by atoms with E-state index in [2.05, 4.69) is 24.2 Å². The summed E-state index contributed by atoms with van der Waals surface area (Å²) in [4.78, 5) is 4.64. The molecule has 1 saturated heterocycles. The van der Waals surface area contributed by atoms with Gasteiger partial charge in [0.05, 0.1) is 11.2 Å². The lowest BCUT2D eigenvalue weighted by molar-refractivity contribution is 0.504. The molecule has 1 fully saturated rings. The molecule has 0 aromatic carbocycles. The van der Waals surface area contributed by atoms with E-state index in [0.717, 1.165) is 17.2 Å². The number of hydrogen-bond donors (Lipinski definition) is 1. The van der Waals surface area contributed by atoms with Gasteiger partial charge in [0, 0.05) is 11.1 Å². The van der Waals surface area contributed by atoms with Crippen LogP contribution >= 0.6 is 23.1 Å². The Morgan fingerprint density at radius 2 is 2.36 bits per heavy atom. The van der Waals surface area contributed by atoms with Crippen molar-refractivity contribution in [2.24, 2.45) is 5.73 Å². The van der Waals surface area contributed by atoms with Gasteiger partial charge in [0.2, 0.25) is 0 Å². The Morgan fingerprint density at radius 3 is 2.86 bits per heavy atom. The highest BCUT2D eigenvalue weighted by Gasteiger charge is 2.34. The highest BCUT2D eigenvalue weighted by molar-refractivity contribution is 7.99. The zero-order chi connectivity index (χ0) is 10.2. The number of hydrogen-bond acceptors (Lipinski definition) is 4. The van der Waals surface area contributed by atoms with Gasteiger partial charge in [0.15, 0.2) is 0 Å². The molecule has 14 heavy (non-hydrogen) atoms. The highest BCUT2D eigenvalue weighted by Crippen LogP contribution is 2.36. The molecule has 1 atom stereocenters. The minimum absolute atomic E-state index is 0.136. The maximum atomic E-state index is 6.32. The van der Waals surface area contributed by atoms with Gasteiger partial charge in [-0.25, -0.2) is 4.98 Å². The highest BCUT2D eigenvalue weighted by atomic mass is 32.2. The fourth-order valence-corrected chi connectivity index (χ4v) is 4.04. The summed E-state index contributed by atoms with van der Waals surface area (Å²) in [6, 6.07) is 0. The van der Waals surface area contributed by atoms with Crippen molar-refractivity contribution in [2.45, 2.75) is 31.7 Å². The Bertz CT molecular complexity index is 314. The zero-order valence-electron chi connectivity index (χ0n) is 8.62. The quantitative estimate of drug-likeness (QED) is 0.845. The number of aromatic nitrogens is 1. The van der Waals surface area contributed by atoms with Crippen LogP contribution in [0.15, 0.2) is 5.38 Å². The van der Waals surface area contributed by atoms with E-state index >= 15 is 0 Å². The van der Waals surface area contributed by atoms with Gasteiger partial charge in [-0.05, 0) is 18.1 Å². The molecule has 0 aliphatic carbocycles. The van der Waals surface area contributed by atoms with E-state index in [1.54, 1.807) is 11.3 Å². The molecular formula is C10H16N2S2. The summed E-state index contributed by atoms with van der Waals surface area (Å²) < 4.78 is 0. The first-order valence-corrected chi connectivity index (χ1v) is 6.98. The van der Waals surface area contributed by atoms with Crippen molar-refractivity contribution in [1.29, 1.82) is 0 Å². The van der Waals surface area contributed by atoms with Crippen molar-refractivity contribution in [1.82, 2.24) is 4.98 Å². The Balaban J connectivity index is 2.23. The zero-order valence-corrected chi connectivity index (χ0v) is 10.3. The first-order valence-electron chi connectivity index (χ1n) is 4.94. The van der Waals surface area contributed by atoms with Crippen molar-refractivity contribution in [3.8, 4) is 0 Å². The van der Waals surface area contributed by atoms with Crippen molar-refractivity contribution in [3.63, 3.8) is 0 Å². The second-order valence-corrected chi connectivity index (χ2v) is 6.15. The lowest BCUT2D eigenvalue weighted by Crippen LogP contribution is -2.36. The lowest BCUT2D eigenvalue weighted by Gasteiger charge is -2.19. The molecule has 2 rings (SSSR count). The minimum atomic E-state index is -0.136. The molecule has 4 heteroatoms. The number of thioether (sulfide) groups is 1. The fourth-order valence-electron chi connectivity index (χ4n) is 1.53.